The fourth-order valence-corrected chi connectivity index (χ4v) is 0.727. The summed E-state index contributed by atoms with van der Waals surface area (Å²) in [6.07, 6.45) is 2.42. The fourth-order valence-electron chi connectivity index (χ4n) is 0.727. The van der Waals surface area contributed by atoms with E-state index in [0.29, 0.717) is 18.3 Å². The average Bonchev–Trinajstić information content (AvgIpc) is 1.99. The molecule has 0 aliphatic heterocycles. The molecule has 0 bridgehead atoms. The summed E-state index contributed by atoms with van der Waals surface area (Å²) in [6.45, 7) is 5.16. The largest absolute Gasteiger partial charge is 0.366 e. The number of hydrogen-bond acceptors (Lipinski definition) is 2. The zero-order chi connectivity index (χ0) is 8.85. The molecule has 0 aromatic heterocycles. The third-order valence-corrected chi connectivity index (χ3v) is 1.34. The highest BCUT2D eigenvalue weighted by Gasteiger charge is 2.05. The number of primary amides is 1. The molecular weight excluding hydrogens is 142 g/mol. The summed E-state index contributed by atoms with van der Waals surface area (Å²) in [5, 5.41) is 0. The van der Waals surface area contributed by atoms with Crippen LogP contribution < -0.4 is 5.73 Å². The molecule has 11 heavy (non-hydrogen) atoms. The lowest BCUT2D eigenvalue weighted by Gasteiger charge is -1.98. The van der Waals surface area contributed by atoms with E-state index < -0.39 is 5.91 Å². The van der Waals surface area contributed by atoms with Crippen molar-refractivity contribution in [2.75, 3.05) is 0 Å². The van der Waals surface area contributed by atoms with Gasteiger partial charge in [-0.05, 0) is 6.42 Å². The number of amides is 1. The van der Waals surface area contributed by atoms with Gasteiger partial charge < -0.3 is 5.73 Å². The van der Waals surface area contributed by atoms with Crippen LogP contribution in [0.15, 0.2) is 23.8 Å². The molecule has 0 saturated carbocycles. The van der Waals surface area contributed by atoms with Crippen LogP contribution in [0, 0.1) is 0 Å². The van der Waals surface area contributed by atoms with Crippen LogP contribution in [0.3, 0.4) is 0 Å². The molecule has 0 rings (SSSR count). The molecule has 3 heteroatoms. The molecule has 0 aliphatic rings. The lowest BCUT2D eigenvalue weighted by Crippen LogP contribution is -2.14. The second-order valence-electron chi connectivity index (χ2n) is 1.98. The molecule has 0 aliphatic carbocycles. The van der Waals surface area contributed by atoms with Crippen molar-refractivity contribution in [1.82, 2.24) is 0 Å². The first-order valence-corrected chi connectivity index (χ1v) is 3.27. The molecule has 0 radical (unpaired) electrons. The van der Waals surface area contributed by atoms with Crippen molar-refractivity contribution in [3.8, 4) is 0 Å². The first-order chi connectivity index (χ1) is 5.17. The predicted octanol–water partition coefficient (Wildman–Crippen LogP) is 0.563. The number of hydrogen-bond donors (Lipinski definition) is 1. The van der Waals surface area contributed by atoms with Crippen LogP contribution in [0.2, 0.25) is 0 Å². The van der Waals surface area contributed by atoms with Gasteiger partial charge in [0.1, 0.15) is 6.29 Å². The van der Waals surface area contributed by atoms with E-state index >= 15 is 0 Å². The highest BCUT2D eigenvalue weighted by molar-refractivity contribution is 6.00. The molecule has 0 aromatic rings. The Hall–Kier alpha value is -1.38. The average molecular weight is 153 g/mol. The highest BCUT2D eigenvalue weighted by Crippen LogP contribution is 2.06. The second kappa shape index (κ2) is 4.44. The summed E-state index contributed by atoms with van der Waals surface area (Å²) in [6, 6.07) is 0. The molecule has 0 atom stereocenters. The minimum absolute atomic E-state index is 0.211. The lowest BCUT2D eigenvalue weighted by molar-refractivity contribution is -0.114. The summed E-state index contributed by atoms with van der Waals surface area (Å²) in [4.78, 5) is 21.0. The SMILES string of the molecule is C=C/C(C(N)=O)=C(/C=O)CC. The monoisotopic (exact) mass is 153 g/mol. The van der Waals surface area contributed by atoms with Crippen molar-refractivity contribution in [2.45, 2.75) is 13.3 Å². The van der Waals surface area contributed by atoms with Crippen LogP contribution in [0.25, 0.3) is 0 Å². The zero-order valence-electron chi connectivity index (χ0n) is 6.46. The number of aldehydes is 1. The van der Waals surface area contributed by atoms with Crippen LogP contribution in [-0.4, -0.2) is 12.2 Å². The summed E-state index contributed by atoms with van der Waals surface area (Å²) in [7, 11) is 0. The Morgan fingerprint density at radius 2 is 2.18 bits per heavy atom. The zero-order valence-corrected chi connectivity index (χ0v) is 6.46. The number of rotatable bonds is 4. The Kier molecular flexibility index (Phi) is 3.88. The highest BCUT2D eigenvalue weighted by atomic mass is 16.1. The number of carbonyl (C=O) groups is 2. The Morgan fingerprint density at radius 1 is 1.64 bits per heavy atom. The van der Waals surface area contributed by atoms with Crippen LogP contribution in [-0.2, 0) is 9.59 Å². The topological polar surface area (TPSA) is 60.2 Å². The summed E-state index contributed by atoms with van der Waals surface area (Å²) in [5.41, 5.74) is 5.58. The van der Waals surface area contributed by atoms with Crippen molar-refractivity contribution < 1.29 is 9.59 Å². The van der Waals surface area contributed by atoms with Gasteiger partial charge in [0.05, 0.1) is 0 Å². The normalized spacial score (nSPS) is 11.7. The van der Waals surface area contributed by atoms with Gasteiger partial charge in [-0.15, -0.1) is 0 Å². The Bertz CT molecular complexity index is 216. The molecule has 0 saturated heterocycles. The van der Waals surface area contributed by atoms with Crippen molar-refractivity contribution in [1.29, 1.82) is 0 Å². The number of nitrogens with two attached hydrogens (primary N) is 1. The van der Waals surface area contributed by atoms with E-state index in [-0.39, 0.29) is 5.57 Å². The van der Waals surface area contributed by atoms with Gasteiger partial charge in [-0.3, -0.25) is 9.59 Å². The molecular formula is C8H11NO2. The first kappa shape index (κ1) is 9.62. The van der Waals surface area contributed by atoms with Crippen molar-refractivity contribution in [3.63, 3.8) is 0 Å². The molecule has 1 amide bonds. The first-order valence-electron chi connectivity index (χ1n) is 3.27. The fraction of sp³-hybridized carbons (Fsp3) is 0.250. The van der Waals surface area contributed by atoms with E-state index in [1.54, 1.807) is 6.92 Å². The maximum absolute atomic E-state index is 10.6. The van der Waals surface area contributed by atoms with E-state index in [2.05, 4.69) is 6.58 Å². The van der Waals surface area contributed by atoms with E-state index in [1.807, 2.05) is 0 Å². The van der Waals surface area contributed by atoms with Gasteiger partial charge in [0.15, 0.2) is 0 Å². The predicted molar refractivity (Wildman–Crippen MR) is 42.8 cm³/mol. The summed E-state index contributed by atoms with van der Waals surface area (Å²) < 4.78 is 0. The molecule has 0 heterocycles. The van der Waals surface area contributed by atoms with Gasteiger partial charge >= 0.3 is 0 Å². The van der Waals surface area contributed by atoms with E-state index in [0.717, 1.165) is 0 Å². The Balaban J connectivity index is 4.92. The van der Waals surface area contributed by atoms with Crippen LogP contribution in [0.5, 0.6) is 0 Å². The Morgan fingerprint density at radius 3 is 2.27 bits per heavy atom. The summed E-state index contributed by atoms with van der Waals surface area (Å²) >= 11 is 0. The third-order valence-electron chi connectivity index (χ3n) is 1.34. The van der Waals surface area contributed by atoms with Gasteiger partial charge in [0, 0.05) is 11.1 Å². The van der Waals surface area contributed by atoms with E-state index in [1.165, 1.54) is 6.08 Å². The molecule has 0 spiro atoms. The van der Waals surface area contributed by atoms with Crippen molar-refractivity contribution in [3.05, 3.63) is 23.8 Å². The maximum Gasteiger partial charge on any atom is 0.249 e. The molecule has 0 aromatic carbocycles. The van der Waals surface area contributed by atoms with Crippen LogP contribution in [0.4, 0.5) is 0 Å². The van der Waals surface area contributed by atoms with Gasteiger partial charge in [-0.2, -0.15) is 0 Å². The molecule has 60 valence electrons. The molecule has 2 N–H and O–H groups in total. The minimum atomic E-state index is -0.607. The minimum Gasteiger partial charge on any atom is -0.366 e. The van der Waals surface area contributed by atoms with Gasteiger partial charge in [-0.1, -0.05) is 19.6 Å². The van der Waals surface area contributed by atoms with Gasteiger partial charge in [0.2, 0.25) is 5.91 Å². The van der Waals surface area contributed by atoms with Crippen LogP contribution >= 0.6 is 0 Å². The van der Waals surface area contributed by atoms with Crippen molar-refractivity contribution in [2.24, 2.45) is 5.73 Å². The standard InChI is InChI=1S/C8H11NO2/c1-3-6(5-10)7(4-2)8(9)11/h4-5H,2-3H2,1H3,(H2,9,11)/b7-6-. The second-order valence-corrected chi connectivity index (χ2v) is 1.98. The smallest absolute Gasteiger partial charge is 0.249 e. The van der Waals surface area contributed by atoms with Crippen LogP contribution in [0.1, 0.15) is 13.3 Å². The van der Waals surface area contributed by atoms with Gasteiger partial charge in [0.25, 0.3) is 0 Å². The van der Waals surface area contributed by atoms with E-state index in [9.17, 15) is 9.59 Å². The molecule has 3 nitrogen and oxygen atoms in total. The third kappa shape index (κ3) is 2.37. The number of allylic oxidation sites excluding steroid dienone is 1. The Labute approximate surface area is 65.6 Å². The van der Waals surface area contributed by atoms with E-state index in [4.69, 9.17) is 5.73 Å². The van der Waals surface area contributed by atoms with Gasteiger partial charge in [-0.25, -0.2) is 0 Å². The summed E-state index contributed by atoms with van der Waals surface area (Å²) in [5.74, 6) is -0.607. The number of carbonyl (C=O) groups excluding carboxylic acids is 2. The molecule has 0 fully saturated rings. The molecule has 0 unspecified atom stereocenters. The quantitative estimate of drug-likeness (QED) is 0.364. The lowest BCUT2D eigenvalue weighted by atomic mass is 10.1. The van der Waals surface area contributed by atoms with Crippen molar-refractivity contribution >= 4 is 12.2 Å². The maximum atomic E-state index is 10.6.